The van der Waals surface area contributed by atoms with Gasteiger partial charge in [-0.2, -0.15) is 0 Å². The molecule has 0 saturated heterocycles. The molecule has 5 nitrogen and oxygen atoms in total. The Hall–Kier alpha value is -2.67. The first-order valence-electron chi connectivity index (χ1n) is 8.88. The maximum atomic E-state index is 12.5. The van der Waals surface area contributed by atoms with Gasteiger partial charge in [-0.15, -0.1) is 11.8 Å². The third-order valence-electron chi connectivity index (χ3n) is 4.01. The molecule has 1 amide bonds. The lowest BCUT2D eigenvalue weighted by Crippen LogP contribution is -2.15. The average molecular weight is 462 g/mol. The van der Waals surface area contributed by atoms with Gasteiger partial charge in [-0.05, 0) is 48.5 Å². The van der Waals surface area contributed by atoms with Gasteiger partial charge in [0.05, 0.1) is 28.4 Å². The summed E-state index contributed by atoms with van der Waals surface area (Å²) in [4.78, 5) is 25.3. The van der Waals surface area contributed by atoms with Crippen LogP contribution in [0.4, 0.5) is 5.69 Å². The van der Waals surface area contributed by atoms with Gasteiger partial charge in [0.25, 0.3) is 5.91 Å². The summed E-state index contributed by atoms with van der Waals surface area (Å²) in [6, 6.07) is 18.8. The van der Waals surface area contributed by atoms with Crippen LogP contribution in [-0.2, 0) is 0 Å². The second-order valence-corrected chi connectivity index (χ2v) is 8.11. The van der Waals surface area contributed by atoms with Crippen molar-refractivity contribution in [3.8, 4) is 5.75 Å². The number of amides is 1. The molecule has 0 fully saturated rings. The highest BCUT2D eigenvalue weighted by Gasteiger charge is 2.17. The lowest BCUT2D eigenvalue weighted by Gasteiger charge is -2.12. The van der Waals surface area contributed by atoms with E-state index in [0.29, 0.717) is 23.1 Å². The summed E-state index contributed by atoms with van der Waals surface area (Å²) in [5.41, 5.74) is 0.252. The number of aromatic carboxylic acids is 1. The summed E-state index contributed by atoms with van der Waals surface area (Å²) in [6.07, 6.45) is 0. The van der Waals surface area contributed by atoms with Crippen LogP contribution in [0.25, 0.3) is 0 Å². The fourth-order valence-corrected chi connectivity index (χ4v) is 3.84. The van der Waals surface area contributed by atoms with Gasteiger partial charge in [0.15, 0.2) is 0 Å². The Bertz CT molecular complexity index is 1060. The van der Waals surface area contributed by atoms with Crippen LogP contribution in [0.3, 0.4) is 0 Å². The number of thioether (sulfide) groups is 1. The molecule has 0 aliphatic rings. The highest BCUT2D eigenvalue weighted by molar-refractivity contribution is 7.99. The Morgan fingerprint density at radius 3 is 2.43 bits per heavy atom. The van der Waals surface area contributed by atoms with E-state index in [1.807, 2.05) is 30.3 Å². The van der Waals surface area contributed by atoms with Gasteiger partial charge in [-0.25, -0.2) is 4.79 Å². The number of carboxylic acid groups (broad SMARTS) is 1. The SMILES string of the molecule is O=C(Nc1ccc(OCCSc2ccccc2)cc1C(=O)O)c1ccc(Cl)cc1Cl. The van der Waals surface area contributed by atoms with Gasteiger partial charge in [-0.3, -0.25) is 4.79 Å². The topological polar surface area (TPSA) is 75.6 Å². The van der Waals surface area contributed by atoms with E-state index in [9.17, 15) is 14.7 Å². The summed E-state index contributed by atoms with van der Waals surface area (Å²) in [5.74, 6) is -0.604. The molecule has 30 heavy (non-hydrogen) atoms. The standard InChI is InChI=1S/C22H17Cl2NO4S/c23-14-6-8-17(19(24)12-14)21(26)25-20-9-7-15(13-18(20)22(27)28)29-10-11-30-16-4-2-1-3-5-16/h1-9,12-13H,10-11H2,(H,25,26)(H,27,28). The van der Waals surface area contributed by atoms with Crippen molar-refractivity contribution in [3.63, 3.8) is 0 Å². The fraction of sp³-hybridized carbons (Fsp3) is 0.0909. The first-order valence-corrected chi connectivity index (χ1v) is 10.6. The minimum atomic E-state index is -1.18. The molecule has 3 rings (SSSR count). The molecular weight excluding hydrogens is 445 g/mol. The molecule has 3 aromatic rings. The highest BCUT2D eigenvalue weighted by atomic mass is 35.5. The zero-order valence-corrected chi connectivity index (χ0v) is 17.9. The Balaban J connectivity index is 1.66. The first-order chi connectivity index (χ1) is 14.4. The lowest BCUT2D eigenvalue weighted by molar-refractivity contribution is 0.0697. The molecule has 0 aliphatic carbocycles. The Morgan fingerprint density at radius 2 is 1.73 bits per heavy atom. The van der Waals surface area contributed by atoms with Crippen molar-refractivity contribution in [2.75, 3.05) is 17.7 Å². The molecule has 0 aliphatic heterocycles. The van der Waals surface area contributed by atoms with Crippen molar-refractivity contribution < 1.29 is 19.4 Å². The smallest absolute Gasteiger partial charge is 0.337 e. The van der Waals surface area contributed by atoms with Gasteiger partial charge in [0.2, 0.25) is 0 Å². The second kappa shape index (κ2) is 10.4. The van der Waals surface area contributed by atoms with E-state index in [2.05, 4.69) is 5.32 Å². The third kappa shape index (κ3) is 5.92. The molecule has 3 aromatic carbocycles. The minimum Gasteiger partial charge on any atom is -0.493 e. The van der Waals surface area contributed by atoms with Crippen LogP contribution in [-0.4, -0.2) is 29.3 Å². The summed E-state index contributed by atoms with van der Waals surface area (Å²) in [5, 5.41) is 12.7. The molecule has 0 radical (unpaired) electrons. The van der Waals surface area contributed by atoms with Crippen molar-refractivity contribution in [2.24, 2.45) is 0 Å². The second-order valence-electron chi connectivity index (χ2n) is 6.10. The number of hydrogen-bond donors (Lipinski definition) is 2. The normalized spacial score (nSPS) is 10.5. The predicted molar refractivity (Wildman–Crippen MR) is 120 cm³/mol. The van der Waals surface area contributed by atoms with E-state index < -0.39 is 11.9 Å². The largest absolute Gasteiger partial charge is 0.493 e. The van der Waals surface area contributed by atoms with E-state index >= 15 is 0 Å². The van der Waals surface area contributed by atoms with Gasteiger partial charge in [0.1, 0.15) is 5.75 Å². The first kappa shape index (κ1) is 22.0. The molecule has 0 aromatic heterocycles. The monoisotopic (exact) mass is 461 g/mol. The maximum Gasteiger partial charge on any atom is 0.337 e. The Morgan fingerprint density at radius 1 is 0.967 bits per heavy atom. The molecular formula is C22H17Cl2NO4S. The van der Waals surface area contributed by atoms with Gasteiger partial charge < -0.3 is 15.2 Å². The highest BCUT2D eigenvalue weighted by Crippen LogP contribution is 2.26. The van der Waals surface area contributed by atoms with Crippen LogP contribution in [0.15, 0.2) is 71.6 Å². The number of nitrogens with one attached hydrogen (secondary N) is 1. The summed E-state index contributed by atoms with van der Waals surface area (Å²) >= 11 is 13.5. The molecule has 0 atom stereocenters. The maximum absolute atomic E-state index is 12.5. The van der Waals surface area contributed by atoms with Crippen LogP contribution in [0.2, 0.25) is 10.0 Å². The average Bonchev–Trinajstić information content (AvgIpc) is 2.72. The number of rotatable bonds is 8. The van der Waals surface area contributed by atoms with Crippen LogP contribution in [0, 0.1) is 0 Å². The number of anilines is 1. The van der Waals surface area contributed by atoms with Crippen molar-refractivity contribution in [3.05, 3.63) is 87.9 Å². The minimum absolute atomic E-state index is 0.0818. The molecule has 0 heterocycles. The van der Waals surface area contributed by atoms with Crippen molar-refractivity contribution >= 4 is 52.5 Å². The number of carbonyl (C=O) groups excluding carboxylic acids is 1. The van der Waals surface area contributed by atoms with Crippen LogP contribution >= 0.6 is 35.0 Å². The molecule has 0 spiro atoms. The number of benzene rings is 3. The van der Waals surface area contributed by atoms with Gasteiger partial charge in [0, 0.05) is 15.7 Å². The number of carboxylic acids is 1. The van der Waals surface area contributed by atoms with Gasteiger partial charge in [-0.1, -0.05) is 41.4 Å². The number of ether oxygens (including phenoxy) is 1. The molecule has 0 unspecified atom stereocenters. The Kier molecular flexibility index (Phi) is 7.63. The van der Waals surface area contributed by atoms with E-state index in [4.69, 9.17) is 27.9 Å². The van der Waals surface area contributed by atoms with Crippen molar-refractivity contribution in [2.45, 2.75) is 4.90 Å². The Labute approximate surface area is 188 Å². The van der Waals surface area contributed by atoms with Crippen LogP contribution in [0.5, 0.6) is 5.75 Å². The fourth-order valence-electron chi connectivity index (χ4n) is 2.60. The third-order valence-corrected chi connectivity index (χ3v) is 5.53. The quantitative estimate of drug-likeness (QED) is 0.312. The zero-order chi connectivity index (χ0) is 21.5. The van der Waals surface area contributed by atoms with E-state index in [1.165, 1.54) is 30.3 Å². The van der Waals surface area contributed by atoms with Gasteiger partial charge >= 0.3 is 5.97 Å². The van der Waals surface area contributed by atoms with Crippen molar-refractivity contribution in [1.29, 1.82) is 0 Å². The summed E-state index contributed by atoms with van der Waals surface area (Å²) in [7, 11) is 0. The predicted octanol–water partition coefficient (Wildman–Crippen LogP) is 6.12. The molecule has 154 valence electrons. The lowest BCUT2D eigenvalue weighted by atomic mass is 10.1. The number of carbonyl (C=O) groups is 2. The van der Waals surface area contributed by atoms with Crippen LogP contribution < -0.4 is 10.1 Å². The molecule has 2 N–H and O–H groups in total. The van der Waals surface area contributed by atoms with E-state index in [1.54, 1.807) is 17.8 Å². The summed E-state index contributed by atoms with van der Waals surface area (Å²) < 4.78 is 5.66. The summed E-state index contributed by atoms with van der Waals surface area (Å²) in [6.45, 7) is 0.407. The van der Waals surface area contributed by atoms with Crippen LogP contribution in [0.1, 0.15) is 20.7 Å². The molecule has 0 bridgehead atoms. The molecule has 8 heteroatoms. The number of hydrogen-bond acceptors (Lipinski definition) is 4. The zero-order valence-electron chi connectivity index (χ0n) is 15.6. The number of halogens is 2. The molecule has 0 saturated carbocycles. The van der Waals surface area contributed by atoms with E-state index in [0.717, 1.165) is 4.90 Å². The van der Waals surface area contributed by atoms with Crippen molar-refractivity contribution in [1.82, 2.24) is 0 Å². The van der Waals surface area contributed by atoms with E-state index in [-0.39, 0.29) is 21.8 Å².